The largest absolute Gasteiger partial charge is 0.292 e. The van der Waals surface area contributed by atoms with Crippen LogP contribution in [0.5, 0.6) is 0 Å². The molecule has 0 N–H and O–H groups in total. The molecule has 0 saturated heterocycles. The van der Waals surface area contributed by atoms with Gasteiger partial charge in [0.05, 0.1) is 0 Å². The van der Waals surface area contributed by atoms with Crippen molar-refractivity contribution in [1.82, 2.24) is 14.0 Å². The number of fused-ring (bicyclic) bond motifs is 5. The maximum atomic E-state index is 13.1. The molecule has 4 rings (SSSR count). The lowest BCUT2D eigenvalue weighted by Gasteiger charge is -2.10. The first-order valence-corrected chi connectivity index (χ1v) is 8.10. The van der Waals surface area contributed by atoms with Gasteiger partial charge in [0.15, 0.2) is 0 Å². The molecule has 0 atom stereocenters. The Balaban J connectivity index is 2.24. The van der Waals surface area contributed by atoms with E-state index in [-0.39, 0.29) is 5.56 Å². The highest BCUT2D eigenvalue weighted by Crippen LogP contribution is 2.24. The summed E-state index contributed by atoms with van der Waals surface area (Å²) in [6.07, 6.45) is 4.01. The average molecular weight is 305 g/mol. The van der Waals surface area contributed by atoms with Crippen LogP contribution in [0.3, 0.4) is 0 Å². The van der Waals surface area contributed by atoms with E-state index in [1.807, 2.05) is 58.5 Å². The van der Waals surface area contributed by atoms with E-state index in [0.717, 1.165) is 52.5 Å². The molecule has 3 heterocycles. The maximum absolute atomic E-state index is 13.1. The summed E-state index contributed by atoms with van der Waals surface area (Å²) >= 11 is 0. The van der Waals surface area contributed by atoms with Crippen molar-refractivity contribution in [3.8, 4) is 0 Å². The molecule has 0 aliphatic carbocycles. The Morgan fingerprint density at radius 3 is 2.83 bits per heavy atom. The quantitative estimate of drug-likeness (QED) is 0.575. The second-order valence-corrected chi connectivity index (χ2v) is 6.07. The average Bonchev–Trinajstić information content (AvgIpc) is 2.94. The first kappa shape index (κ1) is 14.0. The molecule has 0 saturated carbocycles. The molecule has 116 valence electrons. The molecule has 4 nitrogen and oxygen atoms in total. The molecule has 1 aromatic carbocycles. The fourth-order valence-corrected chi connectivity index (χ4v) is 3.23. The standard InChI is InChI=1S/C19H19N3O/c1-3-4-10-22-18-17(20-16-7-5-6-11-21(16)18)14-9-8-13(2)12-15(14)19(22)23/h5-9,11-12H,3-4,10H2,1-2H3. The fraction of sp³-hybridized carbons (Fsp3) is 0.263. The zero-order valence-electron chi connectivity index (χ0n) is 13.4. The molecule has 0 aliphatic rings. The van der Waals surface area contributed by atoms with E-state index in [9.17, 15) is 4.79 Å². The zero-order valence-corrected chi connectivity index (χ0v) is 13.4. The van der Waals surface area contributed by atoms with Crippen LogP contribution in [0.4, 0.5) is 0 Å². The van der Waals surface area contributed by atoms with Gasteiger partial charge >= 0.3 is 0 Å². The molecule has 4 heteroatoms. The van der Waals surface area contributed by atoms with E-state index < -0.39 is 0 Å². The third-order valence-corrected chi connectivity index (χ3v) is 4.40. The van der Waals surface area contributed by atoms with Gasteiger partial charge in [0, 0.05) is 23.5 Å². The first-order chi connectivity index (χ1) is 11.2. The summed E-state index contributed by atoms with van der Waals surface area (Å²) in [6, 6.07) is 12.0. The van der Waals surface area contributed by atoms with E-state index in [0.29, 0.717) is 0 Å². The van der Waals surface area contributed by atoms with Crippen molar-refractivity contribution in [2.24, 2.45) is 0 Å². The number of imidazole rings is 1. The Kier molecular flexibility index (Phi) is 3.18. The molecule has 0 radical (unpaired) electrons. The van der Waals surface area contributed by atoms with Crippen LogP contribution in [0.15, 0.2) is 47.4 Å². The second kappa shape index (κ2) is 5.23. The van der Waals surface area contributed by atoms with E-state index >= 15 is 0 Å². The van der Waals surface area contributed by atoms with Gasteiger partial charge in [-0.2, -0.15) is 0 Å². The highest BCUT2D eigenvalue weighted by molar-refractivity contribution is 6.03. The maximum Gasteiger partial charge on any atom is 0.260 e. The van der Waals surface area contributed by atoms with Crippen LogP contribution in [-0.2, 0) is 6.54 Å². The third-order valence-electron chi connectivity index (χ3n) is 4.40. The van der Waals surface area contributed by atoms with Crippen LogP contribution in [0.25, 0.3) is 27.6 Å². The normalized spacial score (nSPS) is 11.7. The molecule has 3 aromatic heterocycles. The number of hydrogen-bond acceptors (Lipinski definition) is 2. The lowest BCUT2D eigenvalue weighted by Crippen LogP contribution is -2.22. The minimum Gasteiger partial charge on any atom is -0.292 e. The summed E-state index contributed by atoms with van der Waals surface area (Å²) in [5.41, 5.74) is 3.85. The van der Waals surface area contributed by atoms with Crippen LogP contribution in [0, 0.1) is 6.92 Å². The molecule has 0 amide bonds. The number of aromatic nitrogens is 3. The molecule has 0 fully saturated rings. The van der Waals surface area contributed by atoms with Gasteiger partial charge < -0.3 is 0 Å². The van der Waals surface area contributed by atoms with Gasteiger partial charge in [0.25, 0.3) is 5.56 Å². The van der Waals surface area contributed by atoms with Crippen LogP contribution < -0.4 is 5.56 Å². The summed E-state index contributed by atoms with van der Waals surface area (Å²) in [5, 5.41) is 1.70. The van der Waals surface area contributed by atoms with Gasteiger partial charge in [-0.1, -0.05) is 37.1 Å². The summed E-state index contributed by atoms with van der Waals surface area (Å²) < 4.78 is 3.91. The molecule has 0 unspecified atom stereocenters. The smallest absolute Gasteiger partial charge is 0.260 e. The summed E-state index contributed by atoms with van der Waals surface area (Å²) in [4.78, 5) is 17.9. The Hall–Kier alpha value is -2.62. The van der Waals surface area contributed by atoms with Gasteiger partial charge in [0.1, 0.15) is 16.8 Å². The Labute approximate surface area is 134 Å². The zero-order chi connectivity index (χ0) is 16.0. The lowest BCUT2D eigenvalue weighted by molar-refractivity contribution is 0.629. The van der Waals surface area contributed by atoms with Gasteiger partial charge in [-0.25, -0.2) is 4.98 Å². The number of nitrogens with zero attached hydrogens (tertiary/aromatic N) is 3. The minimum atomic E-state index is 0.0790. The summed E-state index contributed by atoms with van der Waals surface area (Å²) in [5.74, 6) is 0. The molecular weight excluding hydrogens is 286 g/mol. The number of pyridine rings is 2. The van der Waals surface area contributed by atoms with Crippen LogP contribution in [-0.4, -0.2) is 14.0 Å². The SMILES string of the molecule is CCCCn1c(=O)c2cc(C)ccc2c2nc3ccccn3c21. The highest BCUT2D eigenvalue weighted by atomic mass is 16.1. The van der Waals surface area contributed by atoms with Gasteiger partial charge in [-0.15, -0.1) is 0 Å². The molecule has 4 aromatic rings. The Morgan fingerprint density at radius 2 is 2.00 bits per heavy atom. The number of aryl methyl sites for hydroxylation is 2. The van der Waals surface area contributed by atoms with Crippen molar-refractivity contribution >= 4 is 27.6 Å². The van der Waals surface area contributed by atoms with Crippen molar-refractivity contribution in [2.75, 3.05) is 0 Å². The van der Waals surface area contributed by atoms with Crippen molar-refractivity contribution in [1.29, 1.82) is 0 Å². The predicted molar refractivity (Wildman–Crippen MR) is 94.1 cm³/mol. The van der Waals surface area contributed by atoms with Gasteiger partial charge in [-0.3, -0.25) is 13.8 Å². The highest BCUT2D eigenvalue weighted by Gasteiger charge is 2.15. The topological polar surface area (TPSA) is 39.3 Å². The summed E-state index contributed by atoms with van der Waals surface area (Å²) in [7, 11) is 0. The number of benzene rings is 1. The minimum absolute atomic E-state index is 0.0790. The monoisotopic (exact) mass is 305 g/mol. The van der Waals surface area contributed by atoms with Gasteiger partial charge in [-0.05, 0) is 31.5 Å². The number of unbranched alkanes of at least 4 members (excludes halogenated alkanes) is 1. The van der Waals surface area contributed by atoms with E-state index in [2.05, 4.69) is 6.92 Å². The first-order valence-electron chi connectivity index (χ1n) is 8.10. The molecule has 23 heavy (non-hydrogen) atoms. The Bertz CT molecular complexity index is 1090. The van der Waals surface area contributed by atoms with Gasteiger partial charge in [0.2, 0.25) is 0 Å². The van der Waals surface area contributed by atoms with E-state index in [4.69, 9.17) is 4.98 Å². The van der Waals surface area contributed by atoms with Crippen molar-refractivity contribution in [3.05, 3.63) is 58.5 Å². The second-order valence-electron chi connectivity index (χ2n) is 6.07. The third kappa shape index (κ3) is 2.05. The van der Waals surface area contributed by atoms with Crippen LogP contribution in [0.2, 0.25) is 0 Å². The van der Waals surface area contributed by atoms with Crippen LogP contribution >= 0.6 is 0 Å². The predicted octanol–water partition coefficient (Wildman–Crippen LogP) is 3.91. The van der Waals surface area contributed by atoms with Crippen molar-refractivity contribution in [3.63, 3.8) is 0 Å². The van der Waals surface area contributed by atoms with Crippen LogP contribution in [0.1, 0.15) is 25.3 Å². The van der Waals surface area contributed by atoms with Crippen molar-refractivity contribution < 1.29 is 0 Å². The van der Waals surface area contributed by atoms with E-state index in [1.54, 1.807) is 0 Å². The molecule has 0 spiro atoms. The van der Waals surface area contributed by atoms with E-state index in [1.165, 1.54) is 0 Å². The molecular formula is C19H19N3O. The summed E-state index contributed by atoms with van der Waals surface area (Å²) in [6.45, 7) is 4.88. The van der Waals surface area contributed by atoms with Crippen molar-refractivity contribution in [2.45, 2.75) is 33.2 Å². The molecule has 0 aliphatic heterocycles. The molecule has 0 bridgehead atoms. The number of rotatable bonds is 3. The fourth-order valence-electron chi connectivity index (χ4n) is 3.23. The lowest BCUT2D eigenvalue weighted by atomic mass is 10.1. The Morgan fingerprint density at radius 1 is 1.13 bits per heavy atom. The number of hydrogen-bond donors (Lipinski definition) is 0.